The van der Waals surface area contributed by atoms with Crippen molar-refractivity contribution in [3.63, 3.8) is 0 Å². The van der Waals surface area contributed by atoms with Gasteiger partial charge in [0, 0.05) is 42.2 Å². The minimum Gasteiger partial charge on any atom is -0.337 e. The number of hydrogen-bond donors (Lipinski definition) is 1. The van der Waals surface area contributed by atoms with E-state index in [1.54, 1.807) is 23.9 Å². The maximum Gasteiger partial charge on any atom is 0.226 e. The Morgan fingerprint density at radius 1 is 1.48 bits per heavy atom. The Hall–Kier alpha value is -0.780. The van der Waals surface area contributed by atoms with E-state index in [1.807, 2.05) is 11.8 Å². The number of carbonyl (C=O) groups excluding carboxylic acids is 1. The van der Waals surface area contributed by atoms with Crippen LogP contribution >= 0.6 is 24.2 Å². The van der Waals surface area contributed by atoms with Crippen LogP contribution in [0.4, 0.5) is 4.39 Å². The molecule has 6 heteroatoms. The summed E-state index contributed by atoms with van der Waals surface area (Å²) in [6.07, 6.45) is 0. The van der Waals surface area contributed by atoms with Gasteiger partial charge >= 0.3 is 0 Å². The van der Waals surface area contributed by atoms with Crippen molar-refractivity contribution in [2.45, 2.75) is 24.8 Å². The van der Waals surface area contributed by atoms with Gasteiger partial charge in [-0.05, 0) is 31.2 Å². The van der Waals surface area contributed by atoms with E-state index in [9.17, 15) is 9.18 Å². The topological polar surface area (TPSA) is 32.3 Å². The van der Waals surface area contributed by atoms with Crippen molar-refractivity contribution in [2.24, 2.45) is 5.92 Å². The highest BCUT2D eigenvalue weighted by Gasteiger charge is 2.26. The van der Waals surface area contributed by atoms with Gasteiger partial charge in [0.1, 0.15) is 5.82 Å². The summed E-state index contributed by atoms with van der Waals surface area (Å²) in [6, 6.07) is 6.67. The van der Waals surface area contributed by atoms with E-state index in [0.29, 0.717) is 0 Å². The Kier molecular flexibility index (Phi) is 7.49. The lowest BCUT2D eigenvalue weighted by Crippen LogP contribution is -2.53. The molecule has 0 saturated carbocycles. The highest BCUT2D eigenvalue weighted by molar-refractivity contribution is 7.99. The molecule has 1 unspecified atom stereocenters. The fourth-order valence-electron chi connectivity index (χ4n) is 2.27. The molecule has 1 aliphatic rings. The van der Waals surface area contributed by atoms with Crippen LogP contribution in [0.15, 0.2) is 29.2 Å². The van der Waals surface area contributed by atoms with Crippen LogP contribution in [0.1, 0.15) is 13.8 Å². The van der Waals surface area contributed by atoms with Crippen LogP contribution in [-0.2, 0) is 4.79 Å². The Morgan fingerprint density at radius 3 is 2.76 bits per heavy atom. The van der Waals surface area contributed by atoms with E-state index in [0.717, 1.165) is 30.3 Å². The summed E-state index contributed by atoms with van der Waals surface area (Å²) >= 11 is 1.60. The summed E-state index contributed by atoms with van der Waals surface area (Å²) in [7, 11) is 0. The van der Waals surface area contributed by atoms with Crippen molar-refractivity contribution >= 4 is 30.1 Å². The summed E-state index contributed by atoms with van der Waals surface area (Å²) in [5.41, 5.74) is 0. The predicted octanol–water partition coefficient (Wildman–Crippen LogP) is 2.80. The molecule has 1 saturated heterocycles. The maximum absolute atomic E-state index is 12.8. The van der Waals surface area contributed by atoms with Crippen molar-refractivity contribution in [1.29, 1.82) is 0 Å². The van der Waals surface area contributed by atoms with Gasteiger partial charge in [-0.1, -0.05) is 6.92 Å². The molecule has 3 nitrogen and oxygen atoms in total. The second-order valence-corrected chi connectivity index (χ2v) is 6.34. The van der Waals surface area contributed by atoms with Crippen LogP contribution in [0, 0.1) is 11.7 Å². The first-order valence-electron chi connectivity index (χ1n) is 6.97. The summed E-state index contributed by atoms with van der Waals surface area (Å²) in [5, 5.41) is 3.29. The number of hydrogen-bond acceptors (Lipinski definition) is 3. The van der Waals surface area contributed by atoms with E-state index < -0.39 is 0 Å². The number of amides is 1. The van der Waals surface area contributed by atoms with Crippen molar-refractivity contribution in [1.82, 2.24) is 10.2 Å². The third-order valence-electron chi connectivity index (χ3n) is 3.52. The predicted molar refractivity (Wildman–Crippen MR) is 87.6 cm³/mol. The van der Waals surface area contributed by atoms with E-state index in [1.165, 1.54) is 12.1 Å². The van der Waals surface area contributed by atoms with E-state index >= 15 is 0 Å². The second-order valence-electron chi connectivity index (χ2n) is 5.25. The number of piperazine rings is 1. The van der Waals surface area contributed by atoms with Crippen LogP contribution in [0.3, 0.4) is 0 Å². The van der Waals surface area contributed by atoms with E-state index in [-0.39, 0.29) is 36.1 Å². The number of nitrogens with one attached hydrogen (secondary N) is 1. The zero-order valence-corrected chi connectivity index (χ0v) is 14.0. The Labute approximate surface area is 136 Å². The molecule has 118 valence electrons. The number of carbonyl (C=O) groups is 1. The molecule has 0 aromatic heterocycles. The summed E-state index contributed by atoms with van der Waals surface area (Å²) in [4.78, 5) is 15.4. The third kappa shape index (κ3) is 5.16. The average Bonchev–Trinajstić information content (AvgIpc) is 2.46. The highest BCUT2D eigenvalue weighted by Crippen LogP contribution is 2.22. The minimum absolute atomic E-state index is 0. The molecule has 0 bridgehead atoms. The quantitative estimate of drug-likeness (QED) is 0.861. The van der Waals surface area contributed by atoms with Crippen molar-refractivity contribution in [3.8, 4) is 0 Å². The first kappa shape index (κ1) is 18.3. The van der Waals surface area contributed by atoms with Gasteiger partial charge in [-0.3, -0.25) is 4.79 Å². The van der Waals surface area contributed by atoms with Gasteiger partial charge < -0.3 is 10.2 Å². The van der Waals surface area contributed by atoms with Crippen molar-refractivity contribution in [3.05, 3.63) is 30.1 Å². The summed E-state index contributed by atoms with van der Waals surface area (Å²) < 4.78 is 12.8. The number of nitrogens with zero attached hydrogens (tertiary/aromatic N) is 1. The van der Waals surface area contributed by atoms with Crippen LogP contribution in [0.2, 0.25) is 0 Å². The van der Waals surface area contributed by atoms with Gasteiger partial charge in [0.2, 0.25) is 5.91 Å². The monoisotopic (exact) mass is 332 g/mol. The fourth-order valence-corrected chi connectivity index (χ4v) is 3.19. The van der Waals surface area contributed by atoms with Crippen LogP contribution in [-0.4, -0.2) is 42.2 Å². The Bertz CT molecular complexity index is 457. The highest BCUT2D eigenvalue weighted by atomic mass is 35.5. The Morgan fingerprint density at radius 2 is 2.14 bits per heavy atom. The lowest BCUT2D eigenvalue weighted by Gasteiger charge is -2.35. The molecule has 1 amide bonds. The molecule has 2 atom stereocenters. The number of rotatable bonds is 4. The smallest absolute Gasteiger partial charge is 0.226 e. The molecule has 0 aliphatic carbocycles. The summed E-state index contributed by atoms with van der Waals surface area (Å²) in [6.45, 7) is 6.56. The third-order valence-corrected chi connectivity index (χ3v) is 4.79. The molecule has 1 heterocycles. The largest absolute Gasteiger partial charge is 0.337 e. The fraction of sp³-hybridized carbons (Fsp3) is 0.533. The van der Waals surface area contributed by atoms with Gasteiger partial charge in [0.15, 0.2) is 0 Å². The normalized spacial score (nSPS) is 19.8. The molecular weight excluding hydrogens is 311 g/mol. The first-order chi connectivity index (χ1) is 9.58. The molecule has 1 aliphatic heterocycles. The van der Waals surface area contributed by atoms with E-state index in [4.69, 9.17) is 0 Å². The van der Waals surface area contributed by atoms with Crippen LogP contribution < -0.4 is 5.32 Å². The van der Waals surface area contributed by atoms with Crippen molar-refractivity contribution in [2.75, 3.05) is 25.4 Å². The maximum atomic E-state index is 12.8. The molecule has 1 N–H and O–H groups in total. The van der Waals surface area contributed by atoms with Crippen molar-refractivity contribution < 1.29 is 9.18 Å². The standard InChI is InChI=1S/C15H21FN2OS.ClH/c1-11(10-20-14-5-3-13(16)4-6-14)15(19)18-8-7-17-9-12(18)2;/h3-6,11-12,17H,7-10H2,1-2H3;1H/t11?,12-;/m1./s1. The van der Waals surface area contributed by atoms with Crippen LogP contribution in [0.5, 0.6) is 0 Å². The summed E-state index contributed by atoms with van der Waals surface area (Å²) in [5.74, 6) is 0.688. The van der Waals surface area contributed by atoms with E-state index in [2.05, 4.69) is 12.2 Å². The van der Waals surface area contributed by atoms with Crippen LogP contribution in [0.25, 0.3) is 0 Å². The van der Waals surface area contributed by atoms with Gasteiger partial charge in [0.05, 0.1) is 0 Å². The molecule has 21 heavy (non-hydrogen) atoms. The first-order valence-corrected chi connectivity index (χ1v) is 7.96. The molecular formula is C15H22ClFN2OS. The van der Waals surface area contributed by atoms with Gasteiger partial charge in [-0.2, -0.15) is 0 Å². The lowest BCUT2D eigenvalue weighted by molar-refractivity contribution is -0.137. The molecule has 0 radical (unpaired) electrons. The molecule has 1 aromatic carbocycles. The Balaban J connectivity index is 0.00000220. The van der Waals surface area contributed by atoms with Gasteiger partial charge in [-0.15, -0.1) is 24.2 Å². The second kappa shape index (κ2) is 8.61. The average molecular weight is 333 g/mol. The molecule has 2 rings (SSSR count). The SMILES string of the molecule is CC(CSc1ccc(F)cc1)C(=O)N1CCNC[C@H]1C.Cl. The number of benzene rings is 1. The molecule has 0 spiro atoms. The lowest BCUT2D eigenvalue weighted by atomic mass is 10.1. The zero-order valence-electron chi connectivity index (χ0n) is 12.3. The minimum atomic E-state index is -0.229. The molecule has 1 fully saturated rings. The zero-order chi connectivity index (χ0) is 14.5. The number of halogens is 2. The van der Waals surface area contributed by atoms with Gasteiger partial charge in [0.25, 0.3) is 0 Å². The molecule has 1 aromatic rings. The number of thioether (sulfide) groups is 1. The van der Waals surface area contributed by atoms with Gasteiger partial charge in [-0.25, -0.2) is 4.39 Å².